The third-order valence-corrected chi connectivity index (χ3v) is 8.05. The van der Waals surface area contributed by atoms with Crippen LogP contribution in [0.2, 0.25) is 0 Å². The number of ketones is 1. The van der Waals surface area contributed by atoms with Crippen molar-refractivity contribution in [1.29, 1.82) is 0 Å². The van der Waals surface area contributed by atoms with Crippen LogP contribution in [-0.2, 0) is 17.8 Å². The van der Waals surface area contributed by atoms with Gasteiger partial charge in [0.15, 0.2) is 0 Å². The molecule has 1 saturated heterocycles. The van der Waals surface area contributed by atoms with Gasteiger partial charge in [0.05, 0.1) is 5.69 Å². The number of hydrogen-bond acceptors (Lipinski definition) is 4. The van der Waals surface area contributed by atoms with Gasteiger partial charge in [-0.15, -0.1) is 0 Å². The van der Waals surface area contributed by atoms with Gasteiger partial charge in [-0.05, 0) is 79.3 Å². The van der Waals surface area contributed by atoms with Gasteiger partial charge in [-0.3, -0.25) is 14.5 Å². The number of carbonyl (C=O) groups excluding carboxylic acids is 2. The zero-order valence-corrected chi connectivity index (χ0v) is 22.3. The lowest BCUT2D eigenvalue weighted by Crippen LogP contribution is -2.48. The third-order valence-electron chi connectivity index (χ3n) is 8.05. The second kappa shape index (κ2) is 10.4. The molecule has 194 valence electrons. The number of piperazine rings is 1. The van der Waals surface area contributed by atoms with Gasteiger partial charge in [0.1, 0.15) is 0 Å². The van der Waals surface area contributed by atoms with Gasteiger partial charge in [0, 0.05) is 56.3 Å². The molecule has 1 N–H and O–H groups in total. The quantitative estimate of drug-likeness (QED) is 0.431. The van der Waals surface area contributed by atoms with Crippen LogP contribution in [0.15, 0.2) is 30.3 Å². The number of fused-ring (bicyclic) bond motifs is 1. The number of rotatable bonds is 6. The molecule has 1 saturated carbocycles. The average molecular weight is 491 g/mol. The predicted molar refractivity (Wildman–Crippen MR) is 146 cm³/mol. The lowest BCUT2D eigenvalue weighted by molar-refractivity contribution is -0.112. The Kier molecular flexibility index (Phi) is 7.25. The molecular weight excluding hydrogens is 448 g/mol. The van der Waals surface area contributed by atoms with Crippen molar-refractivity contribution >= 4 is 23.1 Å². The van der Waals surface area contributed by atoms with Crippen LogP contribution in [-0.4, -0.2) is 53.9 Å². The summed E-state index contributed by atoms with van der Waals surface area (Å²) in [7, 11) is 0. The highest BCUT2D eigenvalue weighted by atomic mass is 16.2. The van der Waals surface area contributed by atoms with E-state index in [1.807, 2.05) is 12.1 Å². The largest absolute Gasteiger partial charge is 0.369 e. The molecule has 0 spiro atoms. The first-order valence-electron chi connectivity index (χ1n) is 13.9. The van der Waals surface area contributed by atoms with Gasteiger partial charge in [-0.25, -0.2) is 0 Å². The van der Waals surface area contributed by atoms with E-state index < -0.39 is 5.91 Å². The van der Waals surface area contributed by atoms with Gasteiger partial charge in [-0.2, -0.15) is 0 Å². The molecule has 0 atom stereocenters. The maximum absolute atomic E-state index is 13.5. The minimum absolute atomic E-state index is 0.317. The Bertz CT molecular complexity index is 1080. The molecule has 2 aliphatic heterocycles. The summed E-state index contributed by atoms with van der Waals surface area (Å²) in [5.41, 5.74) is 5.16. The van der Waals surface area contributed by atoms with Crippen molar-refractivity contribution in [3.05, 3.63) is 47.3 Å². The van der Waals surface area contributed by atoms with Crippen molar-refractivity contribution in [2.45, 2.75) is 78.2 Å². The van der Waals surface area contributed by atoms with E-state index in [0.29, 0.717) is 22.7 Å². The summed E-state index contributed by atoms with van der Waals surface area (Å²) in [5, 5.41) is 2.89. The molecule has 3 aliphatic rings. The highest BCUT2D eigenvalue weighted by Gasteiger charge is 2.32. The van der Waals surface area contributed by atoms with Crippen LogP contribution in [0.5, 0.6) is 0 Å². The minimum Gasteiger partial charge on any atom is -0.369 e. The number of carbonyl (C=O) groups is 2. The molecule has 1 aliphatic carbocycles. The first-order chi connectivity index (χ1) is 17.3. The Morgan fingerprint density at radius 2 is 1.61 bits per heavy atom. The van der Waals surface area contributed by atoms with Crippen LogP contribution in [0.3, 0.4) is 0 Å². The van der Waals surface area contributed by atoms with Crippen LogP contribution < -0.4 is 10.2 Å². The number of anilines is 2. The number of nitrogens with zero attached hydrogens (tertiary/aromatic N) is 3. The van der Waals surface area contributed by atoms with Crippen molar-refractivity contribution in [1.82, 2.24) is 9.47 Å². The zero-order valence-electron chi connectivity index (χ0n) is 22.3. The molecule has 0 unspecified atom stereocenters. The van der Waals surface area contributed by atoms with E-state index in [1.54, 1.807) is 0 Å². The topological polar surface area (TPSA) is 57.6 Å². The predicted octanol–water partition coefficient (Wildman–Crippen LogP) is 5.47. The summed E-state index contributed by atoms with van der Waals surface area (Å²) in [6, 6.07) is 10.2. The van der Waals surface area contributed by atoms with E-state index in [9.17, 15) is 9.59 Å². The Labute approximate surface area is 216 Å². The average Bonchev–Trinajstić information content (AvgIpc) is 3.52. The Hall–Kier alpha value is -2.60. The number of benzene rings is 1. The van der Waals surface area contributed by atoms with Crippen LogP contribution in [0.1, 0.15) is 87.0 Å². The SMILES string of the molecule is CC(C)(C)CN1CCN(c2ccc(NC(=O)C(=O)c3c(C4CCCC4)cc4n3CCCC4)cc2)CC1. The summed E-state index contributed by atoms with van der Waals surface area (Å²) in [4.78, 5) is 31.5. The van der Waals surface area contributed by atoms with Gasteiger partial charge >= 0.3 is 0 Å². The molecule has 2 aromatic rings. The van der Waals surface area contributed by atoms with E-state index in [-0.39, 0.29) is 5.78 Å². The standard InChI is InChI=1S/C30H42N4O2/c1-30(2,3)21-32-16-18-33(19-17-32)24-13-11-23(12-14-24)31-29(36)28(35)27-26(22-8-4-5-9-22)20-25-10-6-7-15-34(25)27/h11-14,20,22H,4-10,15-19,21H2,1-3H3,(H,31,36). The van der Waals surface area contributed by atoms with Gasteiger partial charge < -0.3 is 14.8 Å². The lowest BCUT2D eigenvalue weighted by atomic mass is 9.95. The van der Waals surface area contributed by atoms with Crippen LogP contribution >= 0.6 is 0 Å². The first kappa shape index (κ1) is 25.1. The maximum atomic E-state index is 13.5. The summed E-state index contributed by atoms with van der Waals surface area (Å²) >= 11 is 0. The fourth-order valence-corrected chi connectivity index (χ4v) is 6.35. The summed E-state index contributed by atoms with van der Waals surface area (Å²) in [6.45, 7) is 13.0. The van der Waals surface area contributed by atoms with E-state index in [2.05, 4.69) is 58.7 Å². The second-order valence-electron chi connectivity index (χ2n) is 12.2. The van der Waals surface area contributed by atoms with Gasteiger partial charge in [-0.1, -0.05) is 33.6 Å². The number of aromatic nitrogens is 1. The number of aryl methyl sites for hydroxylation is 1. The fourth-order valence-electron chi connectivity index (χ4n) is 6.35. The molecule has 1 amide bonds. The zero-order chi connectivity index (χ0) is 25.3. The van der Waals surface area contributed by atoms with E-state index >= 15 is 0 Å². The molecular formula is C30H42N4O2. The Morgan fingerprint density at radius 3 is 2.28 bits per heavy atom. The molecule has 0 radical (unpaired) electrons. The van der Waals surface area contributed by atoms with Crippen molar-refractivity contribution in [3.63, 3.8) is 0 Å². The third kappa shape index (κ3) is 5.54. The normalized spacial score (nSPS) is 19.4. The molecule has 6 nitrogen and oxygen atoms in total. The lowest BCUT2D eigenvalue weighted by Gasteiger charge is -2.38. The molecule has 5 rings (SSSR count). The van der Waals surface area contributed by atoms with Crippen LogP contribution in [0.25, 0.3) is 0 Å². The summed E-state index contributed by atoms with van der Waals surface area (Å²) < 4.78 is 2.14. The molecule has 1 aromatic heterocycles. The smallest absolute Gasteiger partial charge is 0.298 e. The highest BCUT2D eigenvalue weighted by Crippen LogP contribution is 2.38. The fraction of sp³-hybridized carbons (Fsp3) is 0.600. The molecule has 6 heteroatoms. The number of amides is 1. The molecule has 36 heavy (non-hydrogen) atoms. The monoisotopic (exact) mass is 490 g/mol. The van der Waals surface area contributed by atoms with Gasteiger partial charge in [0.2, 0.25) is 0 Å². The van der Waals surface area contributed by atoms with E-state index in [4.69, 9.17) is 0 Å². The van der Waals surface area contributed by atoms with Crippen LogP contribution in [0.4, 0.5) is 11.4 Å². The van der Waals surface area contributed by atoms with Crippen molar-refractivity contribution in [2.24, 2.45) is 5.41 Å². The number of Topliss-reactive ketones (excluding diaryl/α,β-unsaturated/α-hetero) is 1. The molecule has 3 heterocycles. The summed E-state index contributed by atoms with van der Waals surface area (Å²) in [6.07, 6.45) is 7.90. The Balaban J connectivity index is 1.24. The molecule has 0 bridgehead atoms. The van der Waals surface area contributed by atoms with E-state index in [0.717, 1.165) is 76.9 Å². The van der Waals surface area contributed by atoms with Crippen LogP contribution in [0, 0.1) is 5.41 Å². The molecule has 1 aromatic carbocycles. The number of nitrogens with one attached hydrogen (secondary N) is 1. The van der Waals surface area contributed by atoms with Crippen molar-refractivity contribution in [3.8, 4) is 0 Å². The maximum Gasteiger partial charge on any atom is 0.298 e. The van der Waals surface area contributed by atoms with Crippen molar-refractivity contribution in [2.75, 3.05) is 42.9 Å². The highest BCUT2D eigenvalue weighted by molar-refractivity contribution is 6.46. The minimum atomic E-state index is -0.524. The van der Waals surface area contributed by atoms with E-state index in [1.165, 1.54) is 24.2 Å². The second-order valence-corrected chi connectivity index (χ2v) is 12.2. The molecule has 2 fully saturated rings. The number of hydrogen-bond donors (Lipinski definition) is 1. The first-order valence-corrected chi connectivity index (χ1v) is 13.9. The van der Waals surface area contributed by atoms with Crippen molar-refractivity contribution < 1.29 is 9.59 Å². The Morgan fingerprint density at radius 1 is 0.917 bits per heavy atom. The summed E-state index contributed by atoms with van der Waals surface area (Å²) in [5.74, 6) is -0.494. The van der Waals surface area contributed by atoms with Gasteiger partial charge in [0.25, 0.3) is 11.7 Å².